The van der Waals surface area contributed by atoms with E-state index < -0.39 is 8.32 Å². The second-order valence-corrected chi connectivity index (χ2v) is 15.7. The van der Waals surface area contributed by atoms with Crippen LogP contribution in [0.1, 0.15) is 52.9 Å². The van der Waals surface area contributed by atoms with Gasteiger partial charge < -0.3 is 23.7 Å². The average Bonchev–Trinajstić information content (AvgIpc) is 3.11. The van der Waals surface area contributed by atoms with Crippen molar-refractivity contribution in [3.63, 3.8) is 0 Å². The lowest BCUT2D eigenvalue weighted by Crippen LogP contribution is -2.48. The Kier molecular flexibility index (Phi) is 9.43. The number of hydrogen-bond donors (Lipinski definition) is 1. The summed E-state index contributed by atoms with van der Waals surface area (Å²) in [6, 6.07) is 0. The number of carbonyl (C=O) groups is 1. The summed E-state index contributed by atoms with van der Waals surface area (Å²) >= 11 is 0. The van der Waals surface area contributed by atoms with Gasteiger partial charge in [-0.3, -0.25) is 4.79 Å². The maximum absolute atomic E-state index is 12.7. The zero-order valence-corrected chi connectivity index (χ0v) is 22.3. The van der Waals surface area contributed by atoms with E-state index in [1.165, 1.54) is 0 Å². The summed E-state index contributed by atoms with van der Waals surface area (Å²) in [5, 5.41) is 8.96. The van der Waals surface area contributed by atoms with Crippen LogP contribution in [0, 0.1) is 41.4 Å². The van der Waals surface area contributed by atoms with Gasteiger partial charge >= 0.3 is 5.97 Å². The van der Waals surface area contributed by atoms with Gasteiger partial charge in [0.15, 0.2) is 14.6 Å². The van der Waals surface area contributed by atoms with Crippen molar-refractivity contribution in [2.45, 2.75) is 89.5 Å². The van der Waals surface area contributed by atoms with Gasteiger partial charge in [0, 0.05) is 12.5 Å². The van der Waals surface area contributed by atoms with E-state index in [0.717, 1.165) is 25.9 Å². The number of allylic oxidation sites excluding steroid dienone is 1. The lowest BCUT2D eigenvalue weighted by atomic mass is 9.72. The quantitative estimate of drug-likeness (QED) is 0.346. The monoisotopic (exact) mass is 488 g/mol. The van der Waals surface area contributed by atoms with Crippen LogP contribution in [0.15, 0.2) is 12.2 Å². The van der Waals surface area contributed by atoms with E-state index in [1.54, 1.807) is 12.2 Å². The maximum Gasteiger partial charge on any atom is 0.309 e. The molecule has 2 bridgehead atoms. The molecule has 1 unspecified atom stereocenters. The summed E-state index contributed by atoms with van der Waals surface area (Å²) in [6.45, 7) is 12.0. The zero-order valence-electron chi connectivity index (χ0n) is 21.3. The second kappa shape index (κ2) is 11.9. The summed E-state index contributed by atoms with van der Waals surface area (Å²) < 4.78 is 23.9. The zero-order chi connectivity index (χ0) is 24.8. The highest BCUT2D eigenvalue weighted by atomic mass is 28.4. The fraction of sp³-hybridized carbons (Fsp3) is 0.741. The van der Waals surface area contributed by atoms with Crippen molar-refractivity contribution in [2.24, 2.45) is 17.8 Å². The molecule has 1 aliphatic carbocycles. The van der Waals surface area contributed by atoms with Crippen molar-refractivity contribution >= 4 is 14.3 Å². The Morgan fingerprint density at radius 1 is 1.26 bits per heavy atom. The largest absolute Gasteiger partial charge is 0.461 e. The first-order valence-corrected chi connectivity index (χ1v) is 15.4. The fourth-order valence-electron chi connectivity index (χ4n) is 4.43. The Labute approximate surface area is 205 Å². The van der Waals surface area contributed by atoms with Crippen LogP contribution in [0.5, 0.6) is 0 Å². The lowest BCUT2D eigenvalue weighted by molar-refractivity contribution is -0.154. The number of ether oxygens (including phenoxy) is 3. The van der Waals surface area contributed by atoms with Crippen LogP contribution in [0.3, 0.4) is 0 Å². The van der Waals surface area contributed by atoms with Gasteiger partial charge in [-0.25, -0.2) is 0 Å². The molecule has 3 aliphatic rings. The molecule has 0 spiro atoms. The molecule has 1 N–H and O–H groups in total. The van der Waals surface area contributed by atoms with E-state index in [0.29, 0.717) is 12.8 Å². The third-order valence-electron chi connectivity index (χ3n) is 7.46. The summed E-state index contributed by atoms with van der Waals surface area (Å²) in [7, 11) is -2.15. The Hall–Kier alpha value is -1.61. The van der Waals surface area contributed by atoms with Crippen LogP contribution in [-0.4, -0.2) is 57.7 Å². The molecule has 0 radical (unpaired) electrons. The number of fused-ring (bicyclic) bond motifs is 2. The number of aliphatic hydroxyl groups is 1. The van der Waals surface area contributed by atoms with Gasteiger partial charge in [0.2, 0.25) is 0 Å². The van der Waals surface area contributed by atoms with Gasteiger partial charge in [-0.2, -0.15) is 0 Å². The molecule has 2 aliphatic heterocycles. The third kappa shape index (κ3) is 6.96. The molecule has 0 amide bonds. The molecule has 0 aromatic heterocycles. The summed E-state index contributed by atoms with van der Waals surface area (Å²) in [5.41, 5.74) is 0. The molecule has 3 rings (SSSR count). The normalized spacial score (nSPS) is 30.2. The molecule has 2 heterocycles. The van der Waals surface area contributed by atoms with Crippen molar-refractivity contribution in [2.75, 3.05) is 19.8 Å². The molecule has 34 heavy (non-hydrogen) atoms. The first-order chi connectivity index (χ1) is 16.1. The van der Waals surface area contributed by atoms with E-state index in [4.69, 9.17) is 23.7 Å². The summed E-state index contributed by atoms with van der Waals surface area (Å²) in [5.74, 6) is 12.2. The molecule has 6 atom stereocenters. The first kappa shape index (κ1) is 27.0. The summed E-state index contributed by atoms with van der Waals surface area (Å²) in [6.07, 6.45) is 6.92. The number of esters is 1. The summed E-state index contributed by atoms with van der Waals surface area (Å²) in [4.78, 5) is 12.7. The second-order valence-electron chi connectivity index (χ2n) is 10.9. The van der Waals surface area contributed by atoms with E-state index in [1.807, 2.05) is 0 Å². The van der Waals surface area contributed by atoms with Crippen molar-refractivity contribution in [1.29, 1.82) is 0 Å². The van der Waals surface area contributed by atoms with Gasteiger partial charge in [0.1, 0.15) is 18.8 Å². The van der Waals surface area contributed by atoms with Crippen LogP contribution in [0.2, 0.25) is 18.1 Å². The van der Waals surface area contributed by atoms with E-state index in [-0.39, 0.29) is 60.5 Å². The van der Waals surface area contributed by atoms with Crippen LogP contribution in [-0.2, 0) is 23.4 Å². The Bertz CT molecular complexity index is 846. The molecule has 188 valence electrons. The average molecular weight is 489 g/mol. The minimum atomic E-state index is -2.15. The SMILES string of the molecule is CC(C)(C)[Si](C)(C)O[C@H](C#CCOC1CCCCO1)[C@H]1C[C@@H](C#C/C=C/CO)[C@H]2C[C@@H]1C(=O)O2. The molecule has 6 nitrogen and oxygen atoms in total. The van der Waals surface area contributed by atoms with Crippen LogP contribution in [0.25, 0.3) is 0 Å². The minimum Gasteiger partial charge on any atom is -0.461 e. The number of rotatable bonds is 6. The lowest BCUT2D eigenvalue weighted by Gasteiger charge is -2.41. The first-order valence-electron chi connectivity index (χ1n) is 12.5. The van der Waals surface area contributed by atoms with E-state index in [2.05, 4.69) is 57.5 Å². The molecular weight excluding hydrogens is 448 g/mol. The highest BCUT2D eigenvalue weighted by molar-refractivity contribution is 6.74. The minimum absolute atomic E-state index is 0.0149. The molecule has 1 saturated carbocycles. The molecule has 2 saturated heterocycles. The Morgan fingerprint density at radius 3 is 2.74 bits per heavy atom. The van der Waals surface area contributed by atoms with Crippen molar-refractivity contribution in [3.05, 3.63) is 12.2 Å². The van der Waals surface area contributed by atoms with E-state index >= 15 is 0 Å². The van der Waals surface area contributed by atoms with E-state index in [9.17, 15) is 4.79 Å². The maximum atomic E-state index is 12.7. The van der Waals surface area contributed by atoms with Crippen LogP contribution < -0.4 is 0 Å². The van der Waals surface area contributed by atoms with Gasteiger partial charge in [-0.15, -0.1) is 0 Å². The van der Waals surface area contributed by atoms with Crippen molar-refractivity contribution in [3.8, 4) is 23.7 Å². The Balaban J connectivity index is 1.80. The molecular formula is C27H40O6Si. The topological polar surface area (TPSA) is 74.2 Å². The smallest absolute Gasteiger partial charge is 0.309 e. The van der Waals surface area contributed by atoms with Crippen molar-refractivity contribution < 1.29 is 28.5 Å². The van der Waals surface area contributed by atoms with Gasteiger partial charge in [-0.1, -0.05) is 50.5 Å². The highest BCUT2D eigenvalue weighted by Gasteiger charge is 2.52. The molecule has 0 aromatic carbocycles. The van der Waals surface area contributed by atoms with Gasteiger partial charge in [-0.05, 0) is 56.3 Å². The number of hydrogen-bond acceptors (Lipinski definition) is 6. The number of aliphatic hydroxyl groups excluding tert-OH is 1. The number of carbonyl (C=O) groups excluding carboxylic acids is 1. The fourth-order valence-corrected chi connectivity index (χ4v) is 5.65. The van der Waals surface area contributed by atoms with Gasteiger partial charge in [0.05, 0.1) is 18.4 Å². The molecule has 0 aromatic rings. The Morgan fingerprint density at radius 2 is 2.06 bits per heavy atom. The molecule has 7 heteroatoms. The van der Waals surface area contributed by atoms with Crippen LogP contribution in [0.4, 0.5) is 0 Å². The third-order valence-corrected chi connectivity index (χ3v) is 11.9. The van der Waals surface area contributed by atoms with Gasteiger partial charge in [0.25, 0.3) is 0 Å². The van der Waals surface area contributed by atoms with Crippen molar-refractivity contribution in [1.82, 2.24) is 0 Å². The highest BCUT2D eigenvalue weighted by Crippen LogP contribution is 2.46. The predicted molar refractivity (Wildman–Crippen MR) is 133 cm³/mol. The predicted octanol–water partition coefficient (Wildman–Crippen LogP) is 4.04. The standard InChI is InChI=1S/C27H40O6Si/c1-27(2,3)34(4,5)33-23(13-11-17-31-25-14-8-10-16-30-25)21-18-20(12-7-6-9-15-28)24-19-22(21)26(29)32-24/h6,9,20-25,28H,8,10,14-19H2,1-5H3/b9-6+/t20-,21+,22+,23-,24-,25?/m1/s1. The van der Waals surface area contributed by atoms with Crippen LogP contribution >= 0.6 is 0 Å². The molecule has 3 fully saturated rings.